The summed E-state index contributed by atoms with van der Waals surface area (Å²) in [6.45, 7) is 0. The van der Waals surface area contributed by atoms with Crippen LogP contribution in [-0.4, -0.2) is 28.2 Å². The first-order valence-electron chi connectivity index (χ1n) is 3.88. The van der Waals surface area contributed by atoms with Gasteiger partial charge in [0, 0.05) is 5.75 Å². The molecule has 0 amide bonds. The van der Waals surface area contributed by atoms with E-state index in [1.807, 2.05) is 0 Å². The van der Waals surface area contributed by atoms with E-state index in [0.29, 0.717) is 5.37 Å². The van der Waals surface area contributed by atoms with E-state index in [1.54, 1.807) is 11.8 Å². The zero-order valence-corrected chi connectivity index (χ0v) is 6.93. The minimum absolute atomic E-state index is 0.300. The van der Waals surface area contributed by atoms with Gasteiger partial charge in [0.25, 0.3) is 0 Å². The molecule has 1 aliphatic heterocycles. The maximum atomic E-state index is 10.5. The van der Waals surface area contributed by atoms with Gasteiger partial charge in [0.2, 0.25) is 0 Å². The number of aliphatic carboxylic acids is 1. The van der Waals surface area contributed by atoms with Gasteiger partial charge in [0.15, 0.2) is 0 Å². The van der Waals surface area contributed by atoms with Crippen LogP contribution in [0.5, 0.6) is 0 Å². The highest BCUT2D eigenvalue weighted by Crippen LogP contribution is 2.40. The molecule has 1 heterocycles. The van der Waals surface area contributed by atoms with Crippen molar-refractivity contribution in [1.29, 1.82) is 0 Å². The largest absolute Gasteiger partial charge is 0.480 e. The fourth-order valence-corrected chi connectivity index (χ4v) is 2.75. The van der Waals surface area contributed by atoms with Gasteiger partial charge in [-0.15, -0.1) is 11.8 Å². The Morgan fingerprint density at radius 3 is 2.73 bits per heavy atom. The van der Waals surface area contributed by atoms with Crippen molar-refractivity contribution in [1.82, 2.24) is 5.32 Å². The maximum absolute atomic E-state index is 10.5. The average Bonchev–Trinajstić information content (AvgIpc) is 2.68. The van der Waals surface area contributed by atoms with Crippen molar-refractivity contribution in [2.45, 2.75) is 24.3 Å². The topological polar surface area (TPSA) is 49.3 Å². The number of rotatable bonds is 2. The Hall–Kier alpha value is -0.220. The monoisotopic (exact) mass is 173 g/mol. The van der Waals surface area contributed by atoms with Crippen molar-refractivity contribution in [3.05, 3.63) is 0 Å². The highest BCUT2D eigenvalue weighted by molar-refractivity contribution is 8.00. The summed E-state index contributed by atoms with van der Waals surface area (Å²) in [6, 6.07) is -0.300. The van der Waals surface area contributed by atoms with Crippen LogP contribution in [0.2, 0.25) is 0 Å². The van der Waals surface area contributed by atoms with E-state index in [0.717, 1.165) is 11.7 Å². The van der Waals surface area contributed by atoms with Crippen LogP contribution in [0.4, 0.5) is 0 Å². The second kappa shape index (κ2) is 2.68. The molecule has 1 aliphatic carbocycles. The summed E-state index contributed by atoms with van der Waals surface area (Å²) in [7, 11) is 0. The van der Waals surface area contributed by atoms with E-state index < -0.39 is 5.97 Å². The summed E-state index contributed by atoms with van der Waals surface area (Å²) in [5.41, 5.74) is 0. The predicted molar refractivity (Wildman–Crippen MR) is 43.5 cm³/mol. The lowest BCUT2D eigenvalue weighted by atomic mass is 10.3. The molecule has 3 nitrogen and oxygen atoms in total. The van der Waals surface area contributed by atoms with Crippen LogP contribution in [0, 0.1) is 5.92 Å². The van der Waals surface area contributed by atoms with Crippen molar-refractivity contribution in [3.63, 3.8) is 0 Å². The smallest absolute Gasteiger partial charge is 0.321 e. The minimum Gasteiger partial charge on any atom is -0.480 e. The van der Waals surface area contributed by atoms with Gasteiger partial charge in [0.05, 0.1) is 5.37 Å². The molecule has 0 radical (unpaired) electrons. The zero-order valence-electron chi connectivity index (χ0n) is 6.12. The lowest BCUT2D eigenvalue weighted by Crippen LogP contribution is -2.37. The third-order valence-corrected chi connectivity index (χ3v) is 3.56. The normalized spacial score (nSPS) is 37.5. The minimum atomic E-state index is -0.708. The van der Waals surface area contributed by atoms with Crippen molar-refractivity contribution in [2.75, 3.05) is 5.75 Å². The number of carboxylic acids is 1. The van der Waals surface area contributed by atoms with Crippen LogP contribution in [-0.2, 0) is 4.79 Å². The Kier molecular flexibility index (Phi) is 1.81. The van der Waals surface area contributed by atoms with Crippen molar-refractivity contribution < 1.29 is 9.90 Å². The lowest BCUT2D eigenvalue weighted by Gasteiger charge is -2.07. The van der Waals surface area contributed by atoms with Gasteiger partial charge in [-0.05, 0) is 18.8 Å². The van der Waals surface area contributed by atoms with Gasteiger partial charge in [-0.1, -0.05) is 0 Å². The predicted octanol–water partition coefficient (Wildman–Crippen LogP) is 0.512. The summed E-state index contributed by atoms with van der Waals surface area (Å²) in [6.07, 6.45) is 2.55. The van der Waals surface area contributed by atoms with Crippen molar-refractivity contribution in [3.8, 4) is 0 Å². The van der Waals surface area contributed by atoms with Crippen molar-refractivity contribution in [2.24, 2.45) is 5.92 Å². The van der Waals surface area contributed by atoms with Crippen LogP contribution >= 0.6 is 11.8 Å². The molecular weight excluding hydrogens is 162 g/mol. The van der Waals surface area contributed by atoms with E-state index in [-0.39, 0.29) is 6.04 Å². The Labute approximate surface area is 69.5 Å². The summed E-state index contributed by atoms with van der Waals surface area (Å²) >= 11 is 1.76. The first-order chi connectivity index (χ1) is 5.27. The molecule has 0 bridgehead atoms. The highest BCUT2D eigenvalue weighted by Gasteiger charge is 2.38. The Morgan fingerprint density at radius 1 is 1.55 bits per heavy atom. The number of hydrogen-bond donors (Lipinski definition) is 2. The Morgan fingerprint density at radius 2 is 2.27 bits per heavy atom. The standard InChI is InChI=1S/C7H11NO2S/c9-7(10)5-3-11-6(8-5)4-1-2-4/h4-6,8H,1-3H2,(H,9,10). The number of hydrogen-bond acceptors (Lipinski definition) is 3. The van der Waals surface area contributed by atoms with Crippen LogP contribution in [0.25, 0.3) is 0 Å². The molecular formula is C7H11NO2S. The van der Waals surface area contributed by atoms with Crippen LogP contribution in [0.3, 0.4) is 0 Å². The molecule has 2 aliphatic rings. The molecule has 62 valence electrons. The molecule has 2 rings (SSSR count). The second-order valence-corrected chi connectivity index (χ2v) is 4.32. The van der Waals surface area contributed by atoms with Gasteiger partial charge in [-0.3, -0.25) is 10.1 Å². The summed E-state index contributed by atoms with van der Waals surface area (Å²) < 4.78 is 0. The second-order valence-electron chi connectivity index (χ2n) is 3.15. The molecule has 2 N–H and O–H groups in total. The SMILES string of the molecule is O=C(O)C1CSC(C2CC2)N1. The molecule has 2 atom stereocenters. The van der Waals surface area contributed by atoms with Gasteiger partial charge < -0.3 is 5.11 Å². The molecule has 0 aromatic carbocycles. The van der Waals surface area contributed by atoms with E-state index in [9.17, 15) is 4.79 Å². The van der Waals surface area contributed by atoms with Crippen LogP contribution < -0.4 is 5.32 Å². The third kappa shape index (κ3) is 1.51. The van der Waals surface area contributed by atoms with E-state index in [2.05, 4.69) is 5.32 Å². The molecule has 2 fully saturated rings. The summed E-state index contributed by atoms with van der Waals surface area (Å²) in [5.74, 6) is 0.779. The molecule has 0 aromatic heterocycles. The average molecular weight is 173 g/mol. The number of nitrogens with one attached hydrogen (secondary N) is 1. The van der Waals surface area contributed by atoms with Crippen LogP contribution in [0.1, 0.15) is 12.8 Å². The maximum Gasteiger partial charge on any atom is 0.321 e. The Bertz CT molecular complexity index is 181. The quantitative estimate of drug-likeness (QED) is 0.639. The van der Waals surface area contributed by atoms with E-state index >= 15 is 0 Å². The molecule has 1 saturated heterocycles. The van der Waals surface area contributed by atoms with Crippen LogP contribution in [0.15, 0.2) is 0 Å². The van der Waals surface area contributed by atoms with Gasteiger partial charge in [-0.2, -0.15) is 0 Å². The Balaban J connectivity index is 1.87. The third-order valence-electron chi connectivity index (χ3n) is 2.16. The molecule has 0 aromatic rings. The summed E-state index contributed by atoms with van der Waals surface area (Å²) in [5, 5.41) is 12.2. The zero-order chi connectivity index (χ0) is 7.84. The number of thioether (sulfide) groups is 1. The highest BCUT2D eigenvalue weighted by atomic mass is 32.2. The molecule has 1 saturated carbocycles. The lowest BCUT2D eigenvalue weighted by molar-refractivity contribution is -0.138. The van der Waals surface area contributed by atoms with Gasteiger partial charge in [0.1, 0.15) is 6.04 Å². The van der Waals surface area contributed by atoms with Gasteiger partial charge >= 0.3 is 5.97 Å². The molecule has 4 heteroatoms. The molecule has 0 spiro atoms. The fraction of sp³-hybridized carbons (Fsp3) is 0.857. The first-order valence-corrected chi connectivity index (χ1v) is 4.92. The first kappa shape index (κ1) is 7.43. The molecule has 2 unspecified atom stereocenters. The van der Waals surface area contributed by atoms with Crippen molar-refractivity contribution >= 4 is 17.7 Å². The van der Waals surface area contributed by atoms with Gasteiger partial charge in [-0.25, -0.2) is 0 Å². The van der Waals surface area contributed by atoms with E-state index in [1.165, 1.54) is 12.8 Å². The fourth-order valence-electron chi connectivity index (χ4n) is 1.31. The molecule has 11 heavy (non-hydrogen) atoms. The van der Waals surface area contributed by atoms with E-state index in [4.69, 9.17) is 5.11 Å². The number of carboxylic acid groups (broad SMARTS) is 1. The summed E-state index contributed by atoms with van der Waals surface area (Å²) in [4.78, 5) is 10.5. The number of carbonyl (C=O) groups is 1.